The standard InChI is InChI=1S/C13H15F4NO3/c1-12(2,3)21-11(19)18-20-7-8-5-4-6-9(14)10(8)13(15,16)17/h4-6H,7H2,1-3H3,(H,18,19). The van der Waals surface area contributed by atoms with E-state index in [1.165, 1.54) is 0 Å². The van der Waals surface area contributed by atoms with E-state index in [9.17, 15) is 22.4 Å². The number of ether oxygens (including phenoxy) is 1. The zero-order valence-electron chi connectivity index (χ0n) is 11.7. The average Bonchev–Trinajstić information content (AvgIpc) is 2.24. The number of amides is 1. The van der Waals surface area contributed by atoms with Gasteiger partial charge in [0, 0.05) is 0 Å². The van der Waals surface area contributed by atoms with Gasteiger partial charge in [0.05, 0.1) is 5.56 Å². The van der Waals surface area contributed by atoms with E-state index in [0.717, 1.165) is 12.1 Å². The first kappa shape index (κ1) is 17.2. The van der Waals surface area contributed by atoms with E-state index in [0.29, 0.717) is 6.07 Å². The topological polar surface area (TPSA) is 47.6 Å². The Kier molecular flexibility index (Phi) is 5.16. The lowest BCUT2D eigenvalue weighted by Gasteiger charge is -2.19. The van der Waals surface area contributed by atoms with Crippen LogP contribution in [-0.2, 0) is 22.4 Å². The number of halogens is 4. The minimum Gasteiger partial charge on any atom is -0.442 e. The largest absolute Gasteiger partial charge is 0.442 e. The maximum atomic E-state index is 13.3. The van der Waals surface area contributed by atoms with Crippen molar-refractivity contribution in [1.29, 1.82) is 0 Å². The minimum absolute atomic E-state index is 0.432. The van der Waals surface area contributed by atoms with Crippen molar-refractivity contribution in [3.63, 3.8) is 0 Å². The molecule has 4 nitrogen and oxygen atoms in total. The van der Waals surface area contributed by atoms with Crippen LogP contribution in [0.2, 0.25) is 0 Å². The molecule has 0 aliphatic rings. The van der Waals surface area contributed by atoms with Gasteiger partial charge in [0.15, 0.2) is 0 Å². The summed E-state index contributed by atoms with van der Waals surface area (Å²) in [4.78, 5) is 15.9. The van der Waals surface area contributed by atoms with Crippen LogP contribution >= 0.6 is 0 Å². The monoisotopic (exact) mass is 309 g/mol. The molecule has 8 heteroatoms. The Hall–Kier alpha value is -1.83. The Balaban J connectivity index is 2.69. The molecule has 0 fully saturated rings. The lowest BCUT2D eigenvalue weighted by molar-refractivity contribution is -0.141. The quantitative estimate of drug-likeness (QED) is 0.682. The van der Waals surface area contributed by atoms with Crippen LogP contribution in [0.15, 0.2) is 18.2 Å². The van der Waals surface area contributed by atoms with E-state index >= 15 is 0 Å². The van der Waals surface area contributed by atoms with E-state index in [1.807, 2.05) is 5.48 Å². The fourth-order valence-electron chi connectivity index (χ4n) is 1.48. The van der Waals surface area contributed by atoms with E-state index in [-0.39, 0.29) is 0 Å². The zero-order chi connectivity index (χ0) is 16.3. The van der Waals surface area contributed by atoms with Gasteiger partial charge in [0.2, 0.25) is 0 Å². The average molecular weight is 309 g/mol. The van der Waals surface area contributed by atoms with Crippen LogP contribution in [0.5, 0.6) is 0 Å². The molecule has 1 aromatic rings. The smallest absolute Gasteiger partial charge is 0.431 e. The first-order valence-electron chi connectivity index (χ1n) is 5.96. The van der Waals surface area contributed by atoms with Gasteiger partial charge in [-0.25, -0.2) is 9.18 Å². The van der Waals surface area contributed by atoms with Crippen molar-refractivity contribution in [2.45, 2.75) is 39.2 Å². The summed E-state index contributed by atoms with van der Waals surface area (Å²) < 4.78 is 56.2. The van der Waals surface area contributed by atoms with Gasteiger partial charge in [-0.15, -0.1) is 0 Å². The highest BCUT2D eigenvalue weighted by Crippen LogP contribution is 2.34. The highest BCUT2D eigenvalue weighted by molar-refractivity contribution is 5.66. The van der Waals surface area contributed by atoms with Crippen LogP contribution in [0.25, 0.3) is 0 Å². The van der Waals surface area contributed by atoms with Crippen molar-refractivity contribution in [3.05, 3.63) is 35.1 Å². The van der Waals surface area contributed by atoms with Crippen molar-refractivity contribution in [2.24, 2.45) is 0 Å². The molecule has 21 heavy (non-hydrogen) atoms. The van der Waals surface area contributed by atoms with E-state index in [2.05, 4.69) is 4.84 Å². The molecule has 1 aromatic carbocycles. The Labute approximate surface area is 119 Å². The van der Waals surface area contributed by atoms with Crippen molar-refractivity contribution in [3.8, 4) is 0 Å². The zero-order valence-corrected chi connectivity index (χ0v) is 11.7. The summed E-state index contributed by atoms with van der Waals surface area (Å²) in [5.74, 6) is -1.40. The van der Waals surface area contributed by atoms with Crippen LogP contribution in [0.3, 0.4) is 0 Å². The van der Waals surface area contributed by atoms with Gasteiger partial charge in [0.25, 0.3) is 0 Å². The molecule has 0 aromatic heterocycles. The second-order valence-electron chi connectivity index (χ2n) is 5.16. The molecule has 1 N–H and O–H groups in total. The third-order valence-electron chi connectivity index (χ3n) is 2.17. The minimum atomic E-state index is -4.85. The van der Waals surface area contributed by atoms with Crippen LogP contribution in [0.4, 0.5) is 22.4 Å². The van der Waals surface area contributed by atoms with Crippen molar-refractivity contribution in [2.75, 3.05) is 0 Å². The van der Waals surface area contributed by atoms with Gasteiger partial charge in [0.1, 0.15) is 18.0 Å². The molecule has 1 amide bonds. The summed E-state index contributed by atoms with van der Waals surface area (Å²) in [5, 5.41) is 0. The molecule has 0 aliphatic carbocycles. The summed E-state index contributed by atoms with van der Waals surface area (Å²) >= 11 is 0. The summed E-state index contributed by atoms with van der Waals surface area (Å²) in [5.41, 5.74) is -0.792. The van der Waals surface area contributed by atoms with Crippen LogP contribution in [0.1, 0.15) is 31.9 Å². The number of nitrogens with one attached hydrogen (secondary N) is 1. The lowest BCUT2D eigenvalue weighted by atomic mass is 10.1. The fourth-order valence-corrected chi connectivity index (χ4v) is 1.48. The van der Waals surface area contributed by atoms with Crippen LogP contribution in [0, 0.1) is 5.82 Å². The summed E-state index contributed by atoms with van der Waals surface area (Å²) in [6.45, 7) is 4.19. The molecule has 0 aliphatic heterocycles. The van der Waals surface area contributed by atoms with Gasteiger partial charge < -0.3 is 4.74 Å². The second kappa shape index (κ2) is 6.30. The predicted molar refractivity (Wildman–Crippen MR) is 65.6 cm³/mol. The van der Waals surface area contributed by atoms with Gasteiger partial charge >= 0.3 is 12.3 Å². The molecule has 0 saturated carbocycles. The first-order valence-corrected chi connectivity index (χ1v) is 5.96. The van der Waals surface area contributed by atoms with Crippen molar-refractivity contribution < 1.29 is 31.9 Å². The second-order valence-corrected chi connectivity index (χ2v) is 5.16. The lowest BCUT2D eigenvalue weighted by Crippen LogP contribution is -2.32. The number of benzene rings is 1. The van der Waals surface area contributed by atoms with Gasteiger partial charge in [-0.1, -0.05) is 12.1 Å². The highest BCUT2D eigenvalue weighted by atomic mass is 19.4. The molecule has 118 valence electrons. The van der Waals surface area contributed by atoms with Crippen LogP contribution < -0.4 is 5.48 Å². The van der Waals surface area contributed by atoms with Crippen molar-refractivity contribution in [1.82, 2.24) is 5.48 Å². The Morgan fingerprint density at radius 2 is 1.86 bits per heavy atom. The molecule has 0 saturated heterocycles. The molecule has 0 heterocycles. The molecular formula is C13H15F4NO3. The highest BCUT2D eigenvalue weighted by Gasteiger charge is 2.36. The SMILES string of the molecule is CC(C)(C)OC(=O)NOCc1cccc(F)c1C(F)(F)F. The normalized spacial score (nSPS) is 12.1. The Bertz CT molecular complexity index is 509. The number of carbonyl (C=O) groups excluding carboxylic acids is 1. The number of rotatable bonds is 3. The fraction of sp³-hybridized carbons (Fsp3) is 0.462. The molecule has 1 rings (SSSR count). The Morgan fingerprint density at radius 1 is 1.24 bits per heavy atom. The predicted octanol–water partition coefficient (Wildman–Crippen LogP) is 3.80. The Morgan fingerprint density at radius 3 is 2.38 bits per heavy atom. The number of alkyl halides is 3. The summed E-state index contributed by atoms with van der Waals surface area (Å²) in [6.07, 6.45) is -5.80. The third kappa shape index (κ3) is 5.58. The molecule has 0 atom stereocenters. The van der Waals surface area contributed by atoms with E-state index < -0.39 is 41.4 Å². The van der Waals surface area contributed by atoms with Gasteiger partial charge in [-0.3, -0.25) is 4.84 Å². The molecular weight excluding hydrogens is 294 g/mol. The number of hydrogen-bond donors (Lipinski definition) is 1. The molecule has 0 bridgehead atoms. The first-order chi connectivity index (χ1) is 9.50. The van der Waals surface area contributed by atoms with E-state index in [4.69, 9.17) is 4.74 Å². The maximum absolute atomic E-state index is 13.3. The summed E-state index contributed by atoms with van der Waals surface area (Å²) in [7, 11) is 0. The van der Waals surface area contributed by atoms with E-state index in [1.54, 1.807) is 20.8 Å². The number of carbonyl (C=O) groups is 1. The molecule has 0 radical (unpaired) electrons. The maximum Gasteiger partial charge on any atom is 0.431 e. The summed E-state index contributed by atoms with van der Waals surface area (Å²) in [6, 6.07) is 2.88. The van der Waals surface area contributed by atoms with Crippen molar-refractivity contribution >= 4 is 6.09 Å². The van der Waals surface area contributed by atoms with Crippen LogP contribution in [-0.4, -0.2) is 11.7 Å². The van der Waals surface area contributed by atoms with Gasteiger partial charge in [-0.2, -0.15) is 18.7 Å². The molecule has 0 spiro atoms. The number of hydroxylamine groups is 1. The third-order valence-corrected chi connectivity index (χ3v) is 2.17. The number of hydrogen-bond acceptors (Lipinski definition) is 3. The van der Waals surface area contributed by atoms with Gasteiger partial charge in [-0.05, 0) is 32.4 Å². The molecule has 0 unspecified atom stereocenters.